The molecule has 0 aliphatic rings. The Morgan fingerprint density at radius 3 is 2.71 bits per heavy atom. The summed E-state index contributed by atoms with van der Waals surface area (Å²) in [6, 6.07) is 9.74. The molecule has 2 aromatic rings. The molecular weight excluding hydrogens is 436 g/mol. The third kappa shape index (κ3) is 4.68. The van der Waals surface area contributed by atoms with Crippen LogP contribution in [0.2, 0.25) is 0 Å². The lowest BCUT2D eigenvalue weighted by molar-refractivity contribution is -0.121. The van der Waals surface area contributed by atoms with Gasteiger partial charge in [0.2, 0.25) is 5.91 Å². The largest absolute Gasteiger partial charge is 0.506 e. The molecule has 0 fully saturated rings. The monoisotopic (exact) mass is 452 g/mol. The molecule has 0 spiro atoms. The van der Waals surface area contributed by atoms with Gasteiger partial charge in [-0.25, -0.2) is 5.43 Å². The second kappa shape index (κ2) is 8.44. The SMILES string of the molecule is Cc1ccccc1CCC(=O)N/N=C/c1cc(Br)c(C)c(Br)c1O. The lowest BCUT2D eigenvalue weighted by atomic mass is 10.0. The molecule has 0 unspecified atom stereocenters. The van der Waals surface area contributed by atoms with Crippen LogP contribution in [0, 0.1) is 13.8 Å². The normalized spacial score (nSPS) is 11.0. The van der Waals surface area contributed by atoms with Crippen molar-refractivity contribution in [2.45, 2.75) is 26.7 Å². The summed E-state index contributed by atoms with van der Waals surface area (Å²) in [5.74, 6) is -0.0761. The fourth-order valence-corrected chi connectivity index (χ4v) is 3.34. The molecule has 0 aliphatic carbocycles. The topological polar surface area (TPSA) is 61.7 Å². The molecule has 1 amide bonds. The van der Waals surface area contributed by atoms with Crippen molar-refractivity contribution in [2.24, 2.45) is 5.10 Å². The van der Waals surface area contributed by atoms with Crippen LogP contribution >= 0.6 is 31.9 Å². The number of carbonyl (C=O) groups is 1. The van der Waals surface area contributed by atoms with Gasteiger partial charge in [-0.1, -0.05) is 40.2 Å². The van der Waals surface area contributed by atoms with Crippen molar-refractivity contribution in [3.8, 4) is 5.75 Å². The van der Waals surface area contributed by atoms with Gasteiger partial charge < -0.3 is 5.11 Å². The number of amides is 1. The van der Waals surface area contributed by atoms with Crippen molar-refractivity contribution in [2.75, 3.05) is 0 Å². The third-order valence-electron chi connectivity index (χ3n) is 3.73. The summed E-state index contributed by atoms with van der Waals surface area (Å²) < 4.78 is 1.45. The van der Waals surface area contributed by atoms with E-state index in [4.69, 9.17) is 0 Å². The van der Waals surface area contributed by atoms with E-state index < -0.39 is 0 Å². The number of nitrogens with zero attached hydrogens (tertiary/aromatic N) is 1. The zero-order chi connectivity index (χ0) is 17.7. The Kier molecular flexibility index (Phi) is 6.57. The number of phenolic OH excluding ortho intramolecular Hbond substituents is 1. The number of phenols is 1. The molecule has 2 N–H and O–H groups in total. The Morgan fingerprint density at radius 2 is 2.00 bits per heavy atom. The standard InChI is InChI=1S/C18H18Br2N2O2/c1-11-5-3-4-6-13(11)7-8-16(23)22-21-10-14-9-15(19)12(2)17(20)18(14)24/h3-6,9-10,24H,7-8H2,1-2H3,(H,22,23)/b21-10+. The van der Waals surface area contributed by atoms with E-state index in [9.17, 15) is 9.90 Å². The maximum atomic E-state index is 11.9. The predicted octanol–water partition coefficient (Wildman–Crippen LogP) is 4.62. The van der Waals surface area contributed by atoms with Gasteiger partial charge in [-0.2, -0.15) is 5.10 Å². The van der Waals surface area contributed by atoms with E-state index in [-0.39, 0.29) is 11.7 Å². The number of rotatable bonds is 5. The molecule has 0 aliphatic heterocycles. The van der Waals surface area contributed by atoms with Gasteiger partial charge in [0.25, 0.3) is 0 Å². The number of halogens is 2. The number of hydrogen-bond donors (Lipinski definition) is 2. The minimum absolute atomic E-state index is 0.0913. The van der Waals surface area contributed by atoms with E-state index >= 15 is 0 Å². The van der Waals surface area contributed by atoms with Gasteiger partial charge in [0.15, 0.2) is 0 Å². The van der Waals surface area contributed by atoms with Crippen LogP contribution in [-0.2, 0) is 11.2 Å². The fourth-order valence-electron chi connectivity index (χ4n) is 2.19. The van der Waals surface area contributed by atoms with Crippen molar-refractivity contribution < 1.29 is 9.90 Å². The summed E-state index contributed by atoms with van der Waals surface area (Å²) in [6.07, 6.45) is 2.45. The molecule has 126 valence electrons. The average Bonchev–Trinajstić information content (AvgIpc) is 2.56. The van der Waals surface area contributed by atoms with Gasteiger partial charge in [-0.05, 0) is 59.0 Å². The second-order valence-corrected chi connectivity index (χ2v) is 7.10. The van der Waals surface area contributed by atoms with Gasteiger partial charge in [0.05, 0.1) is 10.7 Å². The van der Waals surface area contributed by atoms with E-state index in [1.807, 2.05) is 38.1 Å². The smallest absolute Gasteiger partial charge is 0.240 e. The molecular formula is C18H18Br2N2O2. The summed E-state index contributed by atoms with van der Waals surface area (Å²) >= 11 is 6.75. The fraction of sp³-hybridized carbons (Fsp3) is 0.222. The van der Waals surface area contributed by atoms with E-state index in [1.54, 1.807) is 6.07 Å². The Balaban J connectivity index is 1.95. The zero-order valence-electron chi connectivity index (χ0n) is 13.4. The molecule has 0 heterocycles. The quantitative estimate of drug-likeness (QED) is 0.512. The highest BCUT2D eigenvalue weighted by Gasteiger charge is 2.10. The van der Waals surface area contributed by atoms with Crippen molar-refractivity contribution in [3.63, 3.8) is 0 Å². The number of aromatic hydroxyl groups is 1. The number of hydrazone groups is 1. The summed E-state index contributed by atoms with van der Waals surface area (Å²) in [7, 11) is 0. The van der Waals surface area contributed by atoms with E-state index in [1.165, 1.54) is 11.8 Å². The van der Waals surface area contributed by atoms with Gasteiger partial charge in [-0.3, -0.25) is 4.79 Å². The summed E-state index contributed by atoms with van der Waals surface area (Å²) in [6.45, 7) is 3.91. The highest BCUT2D eigenvalue weighted by Crippen LogP contribution is 2.35. The average molecular weight is 454 g/mol. The number of hydrogen-bond acceptors (Lipinski definition) is 3. The molecule has 4 nitrogen and oxygen atoms in total. The van der Waals surface area contributed by atoms with Crippen molar-refractivity contribution >= 4 is 44.0 Å². The Hall–Kier alpha value is -1.66. The van der Waals surface area contributed by atoms with Crippen LogP contribution in [0.1, 0.15) is 28.7 Å². The van der Waals surface area contributed by atoms with Crippen LogP contribution in [0.5, 0.6) is 5.75 Å². The van der Waals surface area contributed by atoms with Gasteiger partial charge in [0.1, 0.15) is 5.75 Å². The number of nitrogens with one attached hydrogen (secondary N) is 1. The maximum Gasteiger partial charge on any atom is 0.240 e. The summed E-state index contributed by atoms with van der Waals surface area (Å²) in [5, 5.41) is 14.0. The van der Waals surface area contributed by atoms with Crippen molar-refractivity contribution in [3.05, 3.63) is 61.5 Å². The van der Waals surface area contributed by atoms with Crippen LogP contribution in [0.15, 0.2) is 44.4 Å². The van der Waals surface area contributed by atoms with Crippen molar-refractivity contribution in [1.29, 1.82) is 0 Å². The molecule has 24 heavy (non-hydrogen) atoms. The number of aryl methyl sites for hydroxylation is 2. The van der Waals surface area contributed by atoms with Crippen LogP contribution in [-0.4, -0.2) is 17.2 Å². The van der Waals surface area contributed by atoms with Gasteiger partial charge in [-0.15, -0.1) is 0 Å². The first-order chi connectivity index (χ1) is 11.4. The van der Waals surface area contributed by atoms with Crippen LogP contribution in [0.4, 0.5) is 0 Å². The highest BCUT2D eigenvalue weighted by molar-refractivity contribution is 9.11. The third-order valence-corrected chi connectivity index (χ3v) is 5.52. The first-order valence-corrected chi connectivity index (χ1v) is 9.02. The number of carbonyl (C=O) groups excluding carboxylic acids is 1. The predicted molar refractivity (Wildman–Crippen MR) is 103 cm³/mol. The van der Waals surface area contributed by atoms with Crippen LogP contribution < -0.4 is 5.43 Å². The second-order valence-electron chi connectivity index (χ2n) is 5.45. The molecule has 0 atom stereocenters. The molecule has 6 heteroatoms. The van der Waals surface area contributed by atoms with E-state index in [0.29, 0.717) is 22.9 Å². The summed E-state index contributed by atoms with van der Waals surface area (Å²) in [4.78, 5) is 11.9. The Labute approximate surface area is 158 Å². The Bertz CT molecular complexity index is 789. The van der Waals surface area contributed by atoms with Crippen LogP contribution in [0.25, 0.3) is 0 Å². The molecule has 0 saturated carbocycles. The summed E-state index contributed by atoms with van der Waals surface area (Å²) in [5.41, 5.74) is 6.23. The van der Waals surface area contributed by atoms with Gasteiger partial charge in [0, 0.05) is 16.5 Å². The zero-order valence-corrected chi connectivity index (χ0v) is 16.6. The molecule has 0 bridgehead atoms. The first kappa shape index (κ1) is 18.7. The van der Waals surface area contributed by atoms with Crippen LogP contribution in [0.3, 0.4) is 0 Å². The molecule has 0 aromatic heterocycles. The first-order valence-electron chi connectivity index (χ1n) is 7.44. The van der Waals surface area contributed by atoms with Crippen molar-refractivity contribution in [1.82, 2.24) is 5.43 Å². The van der Waals surface area contributed by atoms with E-state index in [2.05, 4.69) is 42.4 Å². The lowest BCUT2D eigenvalue weighted by Gasteiger charge is -2.07. The number of benzene rings is 2. The molecule has 0 radical (unpaired) electrons. The Morgan fingerprint density at radius 1 is 1.29 bits per heavy atom. The van der Waals surface area contributed by atoms with E-state index in [0.717, 1.165) is 15.6 Å². The van der Waals surface area contributed by atoms with Gasteiger partial charge >= 0.3 is 0 Å². The lowest BCUT2D eigenvalue weighted by Crippen LogP contribution is -2.18. The molecule has 2 rings (SSSR count). The minimum Gasteiger partial charge on any atom is -0.506 e. The minimum atomic E-state index is -0.167. The molecule has 2 aromatic carbocycles. The highest BCUT2D eigenvalue weighted by atomic mass is 79.9. The maximum absolute atomic E-state index is 11.9. The molecule has 0 saturated heterocycles.